The lowest BCUT2D eigenvalue weighted by Crippen LogP contribution is -2.45. The first kappa shape index (κ1) is 16.3. The number of rotatable bonds is 4. The van der Waals surface area contributed by atoms with Gasteiger partial charge >= 0.3 is 12.1 Å². The van der Waals surface area contributed by atoms with Gasteiger partial charge in [-0.15, -0.1) is 11.6 Å². The third kappa shape index (κ3) is 5.09. The number of hydrogen-bond donors (Lipinski definition) is 2. The molecule has 1 unspecified atom stereocenters. The molecule has 0 bridgehead atoms. The molecule has 20 heavy (non-hydrogen) atoms. The first-order valence-corrected chi connectivity index (χ1v) is 6.55. The van der Waals surface area contributed by atoms with Crippen molar-refractivity contribution in [1.29, 1.82) is 0 Å². The smallest absolute Gasteiger partial charge is 0.408 e. The van der Waals surface area contributed by atoms with E-state index in [2.05, 4.69) is 5.32 Å². The number of nitrogens with one attached hydrogen (secondary N) is 1. The highest BCUT2D eigenvalue weighted by Crippen LogP contribution is 2.24. The number of halogens is 1. The summed E-state index contributed by atoms with van der Waals surface area (Å²) in [7, 11) is 0. The van der Waals surface area contributed by atoms with Crippen LogP contribution in [0.2, 0.25) is 0 Å². The Morgan fingerprint density at radius 1 is 1.25 bits per heavy atom. The van der Waals surface area contributed by atoms with E-state index in [4.69, 9.17) is 16.3 Å². The minimum Gasteiger partial charge on any atom is -0.480 e. The molecule has 0 aliphatic rings. The fraction of sp³-hybridized carbons (Fsp3) is 0.429. The maximum absolute atomic E-state index is 11.7. The molecule has 6 heteroatoms. The Hall–Kier alpha value is -1.75. The third-order valence-electron chi connectivity index (χ3n) is 2.35. The summed E-state index contributed by atoms with van der Waals surface area (Å²) in [5.74, 6) is -1.22. The Bertz CT molecular complexity index is 470. The van der Waals surface area contributed by atoms with Gasteiger partial charge in [0.1, 0.15) is 11.6 Å². The summed E-state index contributed by atoms with van der Waals surface area (Å²) < 4.78 is 5.03. The highest BCUT2D eigenvalue weighted by Gasteiger charge is 2.31. The van der Waals surface area contributed by atoms with Crippen molar-refractivity contribution in [2.75, 3.05) is 0 Å². The lowest BCUT2D eigenvalue weighted by Gasteiger charge is -2.24. The van der Waals surface area contributed by atoms with Crippen molar-refractivity contribution in [2.45, 2.75) is 37.8 Å². The third-order valence-corrected chi connectivity index (χ3v) is 2.85. The zero-order chi connectivity index (χ0) is 15.3. The summed E-state index contributed by atoms with van der Waals surface area (Å²) in [5, 5.41) is 10.6. The average molecular weight is 300 g/mol. The number of hydrogen-bond acceptors (Lipinski definition) is 3. The molecule has 0 aliphatic heterocycles. The molecule has 0 spiro atoms. The number of alkyl carbamates (subject to hydrolysis) is 1. The van der Waals surface area contributed by atoms with Crippen molar-refractivity contribution in [2.24, 2.45) is 0 Å². The van der Waals surface area contributed by atoms with E-state index in [1.807, 2.05) is 0 Å². The highest BCUT2D eigenvalue weighted by molar-refractivity contribution is 6.22. The average Bonchev–Trinajstić information content (AvgIpc) is 2.34. The van der Waals surface area contributed by atoms with Gasteiger partial charge in [-0.3, -0.25) is 0 Å². The van der Waals surface area contributed by atoms with Crippen LogP contribution in [0.1, 0.15) is 31.7 Å². The van der Waals surface area contributed by atoms with Gasteiger partial charge in [0.15, 0.2) is 0 Å². The van der Waals surface area contributed by atoms with Crippen molar-refractivity contribution >= 4 is 23.7 Å². The Labute approximate surface area is 122 Å². The molecule has 1 amide bonds. The van der Waals surface area contributed by atoms with Gasteiger partial charge in [-0.05, 0) is 26.3 Å². The van der Waals surface area contributed by atoms with Gasteiger partial charge in [-0.25, -0.2) is 9.59 Å². The van der Waals surface area contributed by atoms with Gasteiger partial charge < -0.3 is 15.2 Å². The zero-order valence-electron chi connectivity index (χ0n) is 11.6. The Morgan fingerprint density at radius 3 is 2.25 bits per heavy atom. The first-order valence-electron chi connectivity index (χ1n) is 6.12. The van der Waals surface area contributed by atoms with Gasteiger partial charge in [-0.1, -0.05) is 30.3 Å². The number of aliphatic carboxylic acids is 1. The number of carbonyl (C=O) groups excluding carboxylic acids is 1. The van der Waals surface area contributed by atoms with Crippen molar-refractivity contribution in [1.82, 2.24) is 5.32 Å². The van der Waals surface area contributed by atoms with E-state index in [9.17, 15) is 14.7 Å². The van der Waals surface area contributed by atoms with Crippen LogP contribution in [0, 0.1) is 0 Å². The summed E-state index contributed by atoms with van der Waals surface area (Å²) in [6, 6.07) is 7.42. The molecule has 0 aromatic heterocycles. The molecule has 0 aliphatic carbocycles. The number of carboxylic acid groups (broad SMARTS) is 1. The molecule has 0 fully saturated rings. The number of carboxylic acids is 1. The minimum atomic E-state index is -1.27. The van der Waals surface area contributed by atoms with E-state index in [0.29, 0.717) is 5.56 Å². The molecule has 110 valence electrons. The van der Waals surface area contributed by atoms with Crippen LogP contribution in [0.15, 0.2) is 30.3 Å². The Kier molecular flexibility index (Phi) is 5.39. The quantitative estimate of drug-likeness (QED) is 0.838. The largest absolute Gasteiger partial charge is 0.480 e. The minimum absolute atomic E-state index is 0.609. The second kappa shape index (κ2) is 6.61. The first-order chi connectivity index (χ1) is 9.20. The monoisotopic (exact) mass is 299 g/mol. The maximum Gasteiger partial charge on any atom is 0.408 e. The molecule has 2 atom stereocenters. The summed E-state index contributed by atoms with van der Waals surface area (Å²) >= 11 is 6.13. The fourth-order valence-electron chi connectivity index (χ4n) is 1.52. The Balaban J connectivity index is 2.80. The van der Waals surface area contributed by atoms with Crippen LogP contribution < -0.4 is 5.32 Å². The number of benzene rings is 1. The van der Waals surface area contributed by atoms with Crippen LogP contribution in [0.3, 0.4) is 0 Å². The van der Waals surface area contributed by atoms with Crippen LogP contribution in [-0.2, 0) is 9.53 Å². The predicted octanol–water partition coefficient (Wildman–Crippen LogP) is 2.94. The van der Waals surface area contributed by atoms with E-state index in [1.54, 1.807) is 51.1 Å². The van der Waals surface area contributed by atoms with Crippen LogP contribution in [0.5, 0.6) is 0 Å². The Morgan fingerprint density at radius 2 is 1.80 bits per heavy atom. The molecule has 1 aromatic rings. The maximum atomic E-state index is 11.7. The topological polar surface area (TPSA) is 75.6 Å². The zero-order valence-corrected chi connectivity index (χ0v) is 12.3. The van der Waals surface area contributed by atoms with Crippen molar-refractivity contribution in [3.63, 3.8) is 0 Å². The van der Waals surface area contributed by atoms with Gasteiger partial charge in [0.05, 0.1) is 5.38 Å². The lowest BCUT2D eigenvalue weighted by atomic mass is 10.1. The molecule has 2 N–H and O–H groups in total. The normalized spacial score (nSPS) is 14.2. The van der Waals surface area contributed by atoms with Crippen molar-refractivity contribution < 1.29 is 19.4 Å². The number of ether oxygens (including phenoxy) is 1. The summed E-state index contributed by atoms with van der Waals surface area (Å²) in [6.45, 7) is 5.08. The number of alkyl halides is 1. The molecule has 0 radical (unpaired) electrons. The second-order valence-corrected chi connectivity index (χ2v) is 5.74. The molecule has 1 aromatic carbocycles. The van der Waals surface area contributed by atoms with Crippen molar-refractivity contribution in [3.05, 3.63) is 35.9 Å². The standard InChI is InChI=1S/C14H18ClNO4/c1-14(2,3)20-13(19)16-11(12(17)18)10(15)9-7-5-4-6-8-9/h4-8,10-11H,1-3H3,(H,16,19)(H,17,18)/t10?,11-/m0/s1. The van der Waals surface area contributed by atoms with Crippen LogP contribution in [0.25, 0.3) is 0 Å². The van der Waals surface area contributed by atoms with Crippen LogP contribution >= 0.6 is 11.6 Å². The van der Waals surface area contributed by atoms with Crippen LogP contribution in [0.4, 0.5) is 4.79 Å². The number of carbonyl (C=O) groups is 2. The molecule has 5 nitrogen and oxygen atoms in total. The van der Waals surface area contributed by atoms with Gasteiger partial charge in [-0.2, -0.15) is 0 Å². The summed E-state index contributed by atoms with van der Waals surface area (Å²) in [4.78, 5) is 22.9. The predicted molar refractivity (Wildman–Crippen MR) is 75.8 cm³/mol. The van der Waals surface area contributed by atoms with E-state index >= 15 is 0 Å². The molecular weight excluding hydrogens is 282 g/mol. The molecule has 1 rings (SSSR count). The highest BCUT2D eigenvalue weighted by atomic mass is 35.5. The number of amides is 1. The van der Waals surface area contributed by atoms with E-state index in [-0.39, 0.29) is 0 Å². The summed E-state index contributed by atoms with van der Waals surface area (Å²) in [6.07, 6.45) is -0.813. The molecular formula is C14H18ClNO4. The van der Waals surface area contributed by atoms with E-state index < -0.39 is 29.1 Å². The van der Waals surface area contributed by atoms with Gasteiger partial charge in [0.2, 0.25) is 0 Å². The molecule has 0 heterocycles. The molecule has 0 saturated carbocycles. The van der Waals surface area contributed by atoms with Crippen LogP contribution in [-0.4, -0.2) is 28.8 Å². The van der Waals surface area contributed by atoms with E-state index in [0.717, 1.165) is 0 Å². The second-order valence-electron chi connectivity index (χ2n) is 5.27. The SMILES string of the molecule is CC(C)(C)OC(=O)N[C@H](C(=O)O)C(Cl)c1ccccc1. The molecule has 0 saturated heterocycles. The summed E-state index contributed by atoms with van der Waals surface area (Å²) in [5.41, 5.74) is -0.0977. The van der Waals surface area contributed by atoms with Gasteiger partial charge in [0, 0.05) is 0 Å². The van der Waals surface area contributed by atoms with Gasteiger partial charge in [0.25, 0.3) is 0 Å². The van der Waals surface area contributed by atoms with E-state index in [1.165, 1.54) is 0 Å². The lowest BCUT2D eigenvalue weighted by molar-refractivity contribution is -0.139. The van der Waals surface area contributed by atoms with Crippen molar-refractivity contribution in [3.8, 4) is 0 Å². The fourth-order valence-corrected chi connectivity index (χ4v) is 1.84.